The van der Waals surface area contributed by atoms with Crippen LogP contribution in [0, 0.1) is 20.8 Å². The molecule has 3 rings (SSSR count). The molecule has 1 N–H and O–H groups in total. The number of nitrogens with zero attached hydrogens (tertiary/aromatic N) is 2. The van der Waals surface area contributed by atoms with Gasteiger partial charge in [0, 0.05) is 27.9 Å². The normalized spacial score (nSPS) is 11.1. The minimum atomic E-state index is 0.815. The van der Waals surface area contributed by atoms with Gasteiger partial charge in [0.2, 0.25) is 0 Å². The predicted molar refractivity (Wildman–Crippen MR) is 73.5 cm³/mol. The summed E-state index contributed by atoms with van der Waals surface area (Å²) in [5.41, 5.74) is 5.48. The van der Waals surface area contributed by atoms with Crippen molar-refractivity contribution in [2.45, 2.75) is 20.8 Å². The van der Waals surface area contributed by atoms with E-state index < -0.39 is 0 Å². The van der Waals surface area contributed by atoms with E-state index in [4.69, 9.17) is 0 Å². The molecule has 2 aromatic heterocycles. The number of aromatic nitrogens is 3. The summed E-state index contributed by atoms with van der Waals surface area (Å²) in [5.74, 6) is 0.815. The zero-order valence-corrected chi connectivity index (χ0v) is 10.8. The van der Waals surface area contributed by atoms with E-state index in [0.29, 0.717) is 0 Å². The highest BCUT2D eigenvalue weighted by molar-refractivity contribution is 5.96. The van der Waals surface area contributed by atoms with Crippen LogP contribution in [0.4, 0.5) is 0 Å². The van der Waals surface area contributed by atoms with Crippen LogP contribution in [-0.2, 0) is 0 Å². The molecule has 0 fully saturated rings. The molecule has 2 heterocycles. The second-order valence-corrected chi connectivity index (χ2v) is 4.61. The van der Waals surface area contributed by atoms with Gasteiger partial charge in [0.05, 0.1) is 5.69 Å². The third-order valence-electron chi connectivity index (χ3n) is 3.12. The summed E-state index contributed by atoms with van der Waals surface area (Å²) in [6.07, 6.45) is 0. The van der Waals surface area contributed by atoms with E-state index in [-0.39, 0.29) is 0 Å². The molecule has 0 saturated carbocycles. The molecule has 0 unspecified atom stereocenters. The van der Waals surface area contributed by atoms with Crippen LogP contribution >= 0.6 is 0 Å². The maximum atomic E-state index is 4.56. The van der Waals surface area contributed by atoms with Crippen molar-refractivity contribution >= 4 is 10.9 Å². The van der Waals surface area contributed by atoms with Crippen molar-refractivity contribution in [3.8, 4) is 11.3 Å². The van der Waals surface area contributed by atoms with Gasteiger partial charge in [-0.15, -0.1) is 0 Å². The van der Waals surface area contributed by atoms with Crippen LogP contribution in [0.25, 0.3) is 22.2 Å². The van der Waals surface area contributed by atoms with E-state index in [9.17, 15) is 0 Å². The summed E-state index contributed by atoms with van der Waals surface area (Å²) in [7, 11) is 0. The molecule has 0 saturated heterocycles. The average Bonchev–Trinajstić information content (AvgIpc) is 2.63. The summed E-state index contributed by atoms with van der Waals surface area (Å²) < 4.78 is 0. The zero-order valence-electron chi connectivity index (χ0n) is 10.8. The van der Waals surface area contributed by atoms with E-state index >= 15 is 0 Å². The lowest BCUT2D eigenvalue weighted by Crippen LogP contribution is -1.94. The molecule has 0 aliphatic heterocycles. The summed E-state index contributed by atoms with van der Waals surface area (Å²) >= 11 is 0. The summed E-state index contributed by atoms with van der Waals surface area (Å²) in [6, 6.07) is 10.3. The van der Waals surface area contributed by atoms with Crippen LogP contribution in [0.3, 0.4) is 0 Å². The van der Waals surface area contributed by atoms with Gasteiger partial charge >= 0.3 is 0 Å². The van der Waals surface area contributed by atoms with Gasteiger partial charge in [-0.1, -0.05) is 18.2 Å². The second kappa shape index (κ2) is 3.95. The quantitative estimate of drug-likeness (QED) is 0.703. The van der Waals surface area contributed by atoms with E-state index in [1.165, 1.54) is 10.9 Å². The Labute approximate surface area is 106 Å². The van der Waals surface area contributed by atoms with Crippen molar-refractivity contribution in [2.24, 2.45) is 0 Å². The maximum absolute atomic E-state index is 4.56. The summed E-state index contributed by atoms with van der Waals surface area (Å²) in [4.78, 5) is 12.3. The lowest BCUT2D eigenvalue weighted by molar-refractivity contribution is 1.02. The van der Waals surface area contributed by atoms with E-state index in [1.807, 2.05) is 26.0 Å². The Balaban J connectivity index is 2.34. The highest BCUT2D eigenvalue weighted by Gasteiger charge is 2.12. The van der Waals surface area contributed by atoms with Crippen LogP contribution in [0.15, 0.2) is 30.3 Å². The number of rotatable bonds is 1. The third-order valence-corrected chi connectivity index (χ3v) is 3.12. The molecular formula is C15H15N3. The van der Waals surface area contributed by atoms with Crippen molar-refractivity contribution in [1.29, 1.82) is 0 Å². The maximum Gasteiger partial charge on any atom is 0.126 e. The fourth-order valence-electron chi connectivity index (χ4n) is 2.45. The molecule has 90 valence electrons. The lowest BCUT2D eigenvalue weighted by Gasteiger charge is -2.04. The number of aryl methyl sites for hydroxylation is 3. The fourth-order valence-corrected chi connectivity index (χ4v) is 2.45. The van der Waals surface area contributed by atoms with Crippen LogP contribution in [0.5, 0.6) is 0 Å². The summed E-state index contributed by atoms with van der Waals surface area (Å²) in [6.45, 7) is 6.02. The van der Waals surface area contributed by atoms with Crippen molar-refractivity contribution in [3.05, 3.63) is 47.5 Å². The van der Waals surface area contributed by atoms with Gasteiger partial charge in [0.25, 0.3) is 0 Å². The van der Waals surface area contributed by atoms with Gasteiger partial charge in [0.15, 0.2) is 0 Å². The molecule has 1 aromatic carbocycles. The molecule has 3 aromatic rings. The molecular weight excluding hydrogens is 222 g/mol. The van der Waals surface area contributed by atoms with Gasteiger partial charge in [-0.25, -0.2) is 9.97 Å². The Kier molecular flexibility index (Phi) is 2.40. The number of fused-ring (bicyclic) bond motifs is 1. The number of para-hydroxylation sites is 1. The topological polar surface area (TPSA) is 41.6 Å². The van der Waals surface area contributed by atoms with Crippen molar-refractivity contribution < 1.29 is 0 Å². The molecule has 0 aliphatic carbocycles. The Morgan fingerprint density at radius 2 is 1.78 bits per heavy atom. The number of benzene rings is 1. The zero-order chi connectivity index (χ0) is 12.7. The Hall–Kier alpha value is -2.16. The first-order valence-electron chi connectivity index (χ1n) is 6.05. The van der Waals surface area contributed by atoms with E-state index in [2.05, 4.69) is 40.1 Å². The standard InChI is InChI=1S/C15H15N3/c1-9-8-14(18-11(3)16-9)15-10(2)17-13-7-5-4-6-12(13)15/h4-8,17H,1-3H3. The Bertz CT molecular complexity index is 705. The SMILES string of the molecule is Cc1cc(-c2c(C)[nH]c3ccccc23)nc(C)n1. The predicted octanol–water partition coefficient (Wildman–Crippen LogP) is 3.55. The van der Waals surface area contributed by atoms with Gasteiger partial charge < -0.3 is 4.98 Å². The number of hydrogen-bond donors (Lipinski definition) is 1. The van der Waals surface area contributed by atoms with Crippen molar-refractivity contribution in [3.63, 3.8) is 0 Å². The molecule has 0 spiro atoms. The largest absolute Gasteiger partial charge is 0.358 e. The highest BCUT2D eigenvalue weighted by atomic mass is 14.9. The highest BCUT2D eigenvalue weighted by Crippen LogP contribution is 2.30. The van der Waals surface area contributed by atoms with Crippen LogP contribution in [-0.4, -0.2) is 15.0 Å². The molecule has 0 radical (unpaired) electrons. The first kappa shape index (κ1) is 11.0. The first-order chi connectivity index (χ1) is 8.65. The molecule has 0 bridgehead atoms. The number of nitrogens with one attached hydrogen (secondary N) is 1. The van der Waals surface area contributed by atoms with E-state index in [0.717, 1.165) is 28.4 Å². The molecule has 0 atom stereocenters. The molecule has 0 amide bonds. The molecule has 3 heteroatoms. The van der Waals surface area contributed by atoms with Crippen LogP contribution in [0.2, 0.25) is 0 Å². The van der Waals surface area contributed by atoms with E-state index in [1.54, 1.807) is 0 Å². The molecule has 0 aliphatic rings. The van der Waals surface area contributed by atoms with Gasteiger partial charge in [-0.2, -0.15) is 0 Å². The lowest BCUT2D eigenvalue weighted by atomic mass is 10.1. The van der Waals surface area contributed by atoms with Gasteiger partial charge in [-0.05, 0) is 32.9 Å². The van der Waals surface area contributed by atoms with Crippen LogP contribution < -0.4 is 0 Å². The molecule has 3 nitrogen and oxygen atoms in total. The van der Waals surface area contributed by atoms with Gasteiger partial charge in [0.1, 0.15) is 5.82 Å². The average molecular weight is 237 g/mol. The fraction of sp³-hybridized carbons (Fsp3) is 0.200. The third kappa shape index (κ3) is 1.68. The van der Waals surface area contributed by atoms with Crippen molar-refractivity contribution in [1.82, 2.24) is 15.0 Å². The Morgan fingerprint density at radius 3 is 2.56 bits per heavy atom. The monoisotopic (exact) mass is 237 g/mol. The number of aromatic amines is 1. The summed E-state index contributed by atoms with van der Waals surface area (Å²) in [5, 5.41) is 1.22. The van der Waals surface area contributed by atoms with Crippen LogP contribution in [0.1, 0.15) is 17.2 Å². The van der Waals surface area contributed by atoms with Crippen molar-refractivity contribution in [2.75, 3.05) is 0 Å². The number of hydrogen-bond acceptors (Lipinski definition) is 2. The first-order valence-corrected chi connectivity index (χ1v) is 6.05. The minimum Gasteiger partial charge on any atom is -0.358 e. The minimum absolute atomic E-state index is 0.815. The smallest absolute Gasteiger partial charge is 0.126 e. The molecule has 18 heavy (non-hydrogen) atoms. The Morgan fingerprint density at radius 1 is 1.00 bits per heavy atom. The number of H-pyrrole nitrogens is 1. The van der Waals surface area contributed by atoms with Gasteiger partial charge in [-0.3, -0.25) is 0 Å². The second-order valence-electron chi connectivity index (χ2n) is 4.61.